The Morgan fingerprint density at radius 2 is 2.33 bits per heavy atom. The minimum Gasteiger partial charge on any atom is -0.493 e. The summed E-state index contributed by atoms with van der Waals surface area (Å²) in [5, 5.41) is 3.76. The maximum absolute atomic E-state index is 12.3. The first-order valence-electron chi connectivity index (χ1n) is 5.11. The fraction of sp³-hybridized carbons (Fsp3) is 0.273. The van der Waals surface area contributed by atoms with Gasteiger partial charge in [-0.1, -0.05) is 11.8 Å². The van der Waals surface area contributed by atoms with E-state index in [4.69, 9.17) is 9.47 Å². The van der Waals surface area contributed by atoms with Crippen molar-refractivity contribution in [2.75, 3.05) is 19.7 Å². The zero-order valence-electron chi connectivity index (χ0n) is 9.60. The second-order valence-corrected chi connectivity index (χ2v) is 4.31. The fourth-order valence-corrected chi connectivity index (χ4v) is 2.10. The molecule has 0 radical (unpaired) electrons. The van der Waals surface area contributed by atoms with Crippen molar-refractivity contribution in [2.45, 2.75) is 0 Å². The highest BCUT2D eigenvalue weighted by Gasteiger charge is 2.15. The summed E-state index contributed by atoms with van der Waals surface area (Å²) in [4.78, 5) is 11.0. The Labute approximate surface area is 107 Å². The van der Waals surface area contributed by atoms with Crippen molar-refractivity contribution in [3.05, 3.63) is 23.8 Å². The van der Waals surface area contributed by atoms with Gasteiger partial charge in [-0.3, -0.25) is 4.79 Å². The number of ether oxygens (including phenoxy) is 2. The van der Waals surface area contributed by atoms with Crippen LogP contribution in [0, 0.1) is 0 Å². The molecule has 0 unspecified atom stereocenters. The Bertz CT molecular complexity index is 493. The molecule has 0 saturated heterocycles. The summed E-state index contributed by atoms with van der Waals surface area (Å²) in [5.74, 6) is 1.22. The van der Waals surface area contributed by atoms with Gasteiger partial charge in [0.25, 0.3) is 5.24 Å². The Kier molecular flexibility index (Phi) is 4.03. The molecule has 0 bridgehead atoms. The van der Waals surface area contributed by atoms with Crippen LogP contribution in [0.1, 0.15) is 5.56 Å². The van der Waals surface area contributed by atoms with Gasteiger partial charge >= 0.3 is 0 Å². The molecule has 0 saturated carbocycles. The van der Waals surface area contributed by atoms with Gasteiger partial charge in [-0.2, -0.15) is 5.10 Å². The van der Waals surface area contributed by atoms with Crippen LogP contribution in [-0.2, 0) is 0 Å². The number of carbonyl (C=O) groups is 1. The maximum Gasteiger partial charge on any atom is 0.299 e. The van der Waals surface area contributed by atoms with Crippen molar-refractivity contribution in [1.29, 1.82) is 0 Å². The number of nitrogens with zero attached hydrogens (tertiary/aromatic N) is 1. The van der Waals surface area contributed by atoms with E-state index in [1.165, 1.54) is 7.11 Å². The molecule has 0 spiro atoms. The van der Waals surface area contributed by atoms with Crippen molar-refractivity contribution < 1.29 is 18.7 Å². The third-order valence-corrected chi connectivity index (χ3v) is 3.10. The normalized spacial score (nSPS) is 14.8. The number of alkyl halides is 1. The molecule has 18 heavy (non-hydrogen) atoms. The summed E-state index contributed by atoms with van der Waals surface area (Å²) in [5.41, 5.74) is 3.83. The average molecular weight is 270 g/mol. The molecule has 2 rings (SSSR count). The van der Waals surface area contributed by atoms with E-state index < -0.39 is 6.86 Å². The number of methoxy groups -OCH3 is 1. The summed E-state index contributed by atoms with van der Waals surface area (Å²) in [6.45, 7) is -0.933. The highest BCUT2D eigenvalue weighted by atomic mass is 32.2. The van der Waals surface area contributed by atoms with Crippen LogP contribution in [0.3, 0.4) is 0 Å². The highest BCUT2D eigenvalue weighted by Crippen LogP contribution is 2.29. The second kappa shape index (κ2) is 5.72. The summed E-state index contributed by atoms with van der Waals surface area (Å²) < 4.78 is 22.1. The Hall–Kier alpha value is -1.76. The molecule has 1 amide bonds. The molecule has 1 aliphatic rings. The number of thioether (sulfide) groups is 1. The van der Waals surface area contributed by atoms with E-state index in [0.717, 1.165) is 17.3 Å². The third-order valence-electron chi connectivity index (χ3n) is 2.33. The highest BCUT2D eigenvalue weighted by molar-refractivity contribution is 8.14. The molecular weight excluding hydrogens is 259 g/mol. The van der Waals surface area contributed by atoms with E-state index in [2.05, 4.69) is 10.5 Å². The van der Waals surface area contributed by atoms with Crippen molar-refractivity contribution in [3.63, 3.8) is 0 Å². The van der Waals surface area contributed by atoms with E-state index in [9.17, 15) is 9.18 Å². The predicted octanol–water partition coefficient (Wildman–Crippen LogP) is 2.16. The fourth-order valence-electron chi connectivity index (χ4n) is 1.49. The van der Waals surface area contributed by atoms with Gasteiger partial charge in [0.15, 0.2) is 11.5 Å². The van der Waals surface area contributed by atoms with E-state index in [1.54, 1.807) is 18.2 Å². The van der Waals surface area contributed by atoms with Crippen molar-refractivity contribution in [1.82, 2.24) is 5.43 Å². The number of halogens is 1. The number of nitrogens with one attached hydrogen (secondary N) is 1. The van der Waals surface area contributed by atoms with Crippen LogP contribution in [-0.4, -0.2) is 30.7 Å². The summed E-state index contributed by atoms with van der Waals surface area (Å²) >= 11 is 1.12. The van der Waals surface area contributed by atoms with Crippen LogP contribution in [0.25, 0.3) is 0 Å². The molecule has 1 aromatic carbocycles. The molecule has 0 atom stereocenters. The number of rotatable bonds is 4. The standard InChI is InChI=1S/C11H11FN2O3S/c1-16-9-3-2-7(4-10(9)17-6-12)8-5-18-11(15)14-13-8/h2-4H,5-6H2,1H3,(H,14,15). The molecule has 1 aromatic rings. The van der Waals surface area contributed by atoms with Crippen LogP contribution >= 0.6 is 11.8 Å². The van der Waals surface area contributed by atoms with Gasteiger partial charge in [0.05, 0.1) is 12.8 Å². The van der Waals surface area contributed by atoms with Gasteiger partial charge in [0.1, 0.15) is 0 Å². The first-order chi connectivity index (χ1) is 8.74. The molecule has 0 fully saturated rings. The van der Waals surface area contributed by atoms with E-state index in [-0.39, 0.29) is 5.24 Å². The van der Waals surface area contributed by atoms with Crippen molar-refractivity contribution in [3.8, 4) is 11.5 Å². The number of hydrazone groups is 1. The molecular formula is C11H11FN2O3S. The van der Waals surface area contributed by atoms with Crippen LogP contribution < -0.4 is 14.9 Å². The number of amides is 1. The first-order valence-corrected chi connectivity index (χ1v) is 6.09. The SMILES string of the molecule is COc1ccc(C2=NNC(=O)SC2)cc1OCF. The van der Waals surface area contributed by atoms with Crippen LogP contribution in [0.2, 0.25) is 0 Å². The Morgan fingerprint density at radius 1 is 1.50 bits per heavy atom. The van der Waals surface area contributed by atoms with E-state index in [0.29, 0.717) is 23.0 Å². The lowest BCUT2D eigenvalue weighted by atomic mass is 10.1. The monoisotopic (exact) mass is 270 g/mol. The molecule has 1 N–H and O–H groups in total. The summed E-state index contributed by atoms with van der Waals surface area (Å²) in [6.07, 6.45) is 0. The van der Waals surface area contributed by atoms with Crippen LogP contribution in [0.4, 0.5) is 9.18 Å². The van der Waals surface area contributed by atoms with Gasteiger partial charge in [-0.05, 0) is 18.2 Å². The lowest BCUT2D eigenvalue weighted by Gasteiger charge is -2.14. The molecule has 0 aliphatic carbocycles. The van der Waals surface area contributed by atoms with E-state index in [1.807, 2.05) is 0 Å². The maximum atomic E-state index is 12.3. The topological polar surface area (TPSA) is 59.9 Å². The predicted molar refractivity (Wildman–Crippen MR) is 67.1 cm³/mol. The molecule has 7 heteroatoms. The largest absolute Gasteiger partial charge is 0.493 e. The van der Waals surface area contributed by atoms with Gasteiger partial charge < -0.3 is 9.47 Å². The minimum atomic E-state index is -0.933. The number of hydrogen-bond acceptors (Lipinski definition) is 5. The van der Waals surface area contributed by atoms with E-state index >= 15 is 0 Å². The lowest BCUT2D eigenvalue weighted by Crippen LogP contribution is -2.23. The zero-order valence-corrected chi connectivity index (χ0v) is 10.4. The number of hydrogen-bond donors (Lipinski definition) is 1. The molecule has 1 aliphatic heterocycles. The molecule has 0 aromatic heterocycles. The summed E-state index contributed by atoms with van der Waals surface area (Å²) in [6, 6.07) is 5.08. The zero-order chi connectivity index (χ0) is 13.0. The van der Waals surface area contributed by atoms with Crippen LogP contribution in [0.5, 0.6) is 11.5 Å². The Morgan fingerprint density at radius 3 is 2.94 bits per heavy atom. The van der Waals surface area contributed by atoms with Gasteiger partial charge in [0, 0.05) is 11.3 Å². The molecule has 1 heterocycles. The van der Waals surface area contributed by atoms with Crippen molar-refractivity contribution in [2.24, 2.45) is 5.10 Å². The first kappa shape index (κ1) is 12.7. The number of carbonyl (C=O) groups excluding carboxylic acids is 1. The average Bonchev–Trinajstić information content (AvgIpc) is 2.40. The van der Waals surface area contributed by atoms with Crippen molar-refractivity contribution >= 4 is 22.7 Å². The van der Waals surface area contributed by atoms with Crippen LogP contribution in [0.15, 0.2) is 23.3 Å². The number of benzene rings is 1. The summed E-state index contributed by atoms with van der Waals surface area (Å²) in [7, 11) is 1.48. The van der Waals surface area contributed by atoms with Gasteiger partial charge in [-0.25, -0.2) is 9.82 Å². The van der Waals surface area contributed by atoms with Gasteiger partial charge in [-0.15, -0.1) is 0 Å². The Balaban J connectivity index is 2.29. The lowest BCUT2D eigenvalue weighted by molar-refractivity contribution is 0.184. The molecule has 96 valence electrons. The van der Waals surface area contributed by atoms with Gasteiger partial charge in [0.2, 0.25) is 6.86 Å². The smallest absolute Gasteiger partial charge is 0.299 e. The molecule has 5 nitrogen and oxygen atoms in total. The second-order valence-electron chi connectivity index (χ2n) is 3.37. The third kappa shape index (κ3) is 2.73. The minimum absolute atomic E-state index is 0.188. The quantitative estimate of drug-likeness (QED) is 0.910.